The van der Waals surface area contributed by atoms with Crippen LogP contribution in [0.4, 0.5) is 21.8 Å². The van der Waals surface area contributed by atoms with Crippen molar-refractivity contribution in [2.45, 2.75) is 25.6 Å². The molecule has 36 heavy (non-hydrogen) atoms. The number of carbonyl (C=O) groups is 1. The molecule has 0 saturated carbocycles. The molecule has 0 aliphatic carbocycles. The fourth-order valence-electron chi connectivity index (χ4n) is 4.81. The summed E-state index contributed by atoms with van der Waals surface area (Å²) in [5, 5.41) is 10.2. The second-order valence-electron chi connectivity index (χ2n) is 9.66. The molecule has 2 aromatic heterocycles. The number of carbonyl (C=O) groups excluding carboxylic acids is 1. The molecule has 182 valence electrons. The number of fused-ring (bicyclic) bond motifs is 1. The van der Waals surface area contributed by atoms with E-state index in [1.54, 1.807) is 17.3 Å². The lowest BCUT2D eigenvalue weighted by atomic mass is 9.94. The van der Waals surface area contributed by atoms with E-state index in [1.807, 2.05) is 54.7 Å². The quantitative estimate of drug-likeness (QED) is 0.439. The van der Waals surface area contributed by atoms with E-state index in [-0.39, 0.29) is 19.0 Å². The highest BCUT2D eigenvalue weighted by Gasteiger charge is 2.41. The van der Waals surface area contributed by atoms with Crippen LogP contribution in [0.15, 0.2) is 67.1 Å². The molecule has 8 nitrogen and oxygen atoms in total. The molecule has 0 radical (unpaired) electrons. The number of alkyl halides is 1. The van der Waals surface area contributed by atoms with E-state index in [4.69, 9.17) is 4.98 Å². The Labute approximate surface area is 208 Å². The molecule has 0 atom stereocenters. The fraction of sp³-hybridized carbons (Fsp3) is 0.259. The summed E-state index contributed by atoms with van der Waals surface area (Å²) >= 11 is 0. The number of nitrogens with zero attached hydrogens (tertiary/aromatic N) is 5. The van der Waals surface area contributed by atoms with Crippen molar-refractivity contribution in [2.75, 3.05) is 29.9 Å². The number of likely N-dealkylation sites (tertiary alicyclic amines) is 1. The van der Waals surface area contributed by atoms with Gasteiger partial charge < -0.3 is 15.1 Å². The molecular formula is C27H26FN7O. The van der Waals surface area contributed by atoms with Crippen LogP contribution < -0.4 is 10.2 Å². The number of rotatable bonds is 5. The molecule has 2 N–H and O–H groups in total. The molecule has 4 heterocycles. The number of hydrogen-bond donors (Lipinski definition) is 2. The standard InChI is InChI=1S/C27H26FN7O/c1-27(28)16-35(17-27)25(36)20-3-2-19-9-11-34(15-21(19)12-20)26-29-10-8-24(33-26)32-23-6-4-18(5-7-23)22-13-30-31-14-22/h2-8,10,12-14H,9,11,15-17H2,1H3,(H,30,31)(H,29,32,33). The van der Waals surface area contributed by atoms with Crippen LogP contribution in [0.2, 0.25) is 0 Å². The van der Waals surface area contributed by atoms with Gasteiger partial charge in [0.25, 0.3) is 5.91 Å². The second-order valence-corrected chi connectivity index (χ2v) is 9.66. The van der Waals surface area contributed by atoms with E-state index < -0.39 is 5.67 Å². The van der Waals surface area contributed by atoms with E-state index in [0.29, 0.717) is 23.9 Å². The van der Waals surface area contributed by atoms with Gasteiger partial charge in [0.15, 0.2) is 0 Å². The summed E-state index contributed by atoms with van der Waals surface area (Å²) in [6, 6.07) is 15.7. The monoisotopic (exact) mass is 483 g/mol. The number of aromatic amines is 1. The summed E-state index contributed by atoms with van der Waals surface area (Å²) in [4.78, 5) is 25.7. The van der Waals surface area contributed by atoms with Crippen molar-refractivity contribution in [1.82, 2.24) is 25.1 Å². The maximum Gasteiger partial charge on any atom is 0.254 e. The van der Waals surface area contributed by atoms with Gasteiger partial charge in [-0.3, -0.25) is 9.89 Å². The zero-order valence-corrected chi connectivity index (χ0v) is 19.9. The van der Waals surface area contributed by atoms with Gasteiger partial charge in [0.05, 0.1) is 19.3 Å². The number of H-pyrrole nitrogens is 1. The maximum absolute atomic E-state index is 13.9. The molecule has 1 saturated heterocycles. The van der Waals surface area contributed by atoms with Crippen molar-refractivity contribution in [3.63, 3.8) is 0 Å². The van der Waals surface area contributed by atoms with Gasteiger partial charge in [-0.1, -0.05) is 18.2 Å². The molecule has 0 bridgehead atoms. The Bertz CT molecular complexity index is 1390. The molecule has 2 aliphatic heterocycles. The van der Waals surface area contributed by atoms with E-state index in [0.717, 1.165) is 35.3 Å². The minimum atomic E-state index is -1.28. The first-order chi connectivity index (χ1) is 17.4. The zero-order valence-electron chi connectivity index (χ0n) is 19.9. The third kappa shape index (κ3) is 4.39. The number of nitrogens with one attached hydrogen (secondary N) is 2. The minimum Gasteiger partial charge on any atom is -0.340 e. The molecular weight excluding hydrogens is 457 g/mol. The minimum absolute atomic E-state index is 0.119. The van der Waals surface area contributed by atoms with E-state index in [2.05, 4.69) is 25.4 Å². The first-order valence-electron chi connectivity index (χ1n) is 12.0. The molecule has 2 aromatic carbocycles. The highest BCUT2D eigenvalue weighted by Crippen LogP contribution is 2.29. The van der Waals surface area contributed by atoms with Crippen LogP contribution in [0, 0.1) is 0 Å². The average Bonchev–Trinajstić information content (AvgIpc) is 3.42. The van der Waals surface area contributed by atoms with Gasteiger partial charge in [-0.15, -0.1) is 0 Å². The summed E-state index contributed by atoms with van der Waals surface area (Å²) < 4.78 is 13.9. The Morgan fingerprint density at radius 2 is 1.92 bits per heavy atom. The second kappa shape index (κ2) is 8.75. The molecule has 4 aromatic rings. The van der Waals surface area contributed by atoms with Crippen molar-refractivity contribution in [3.8, 4) is 11.1 Å². The summed E-state index contributed by atoms with van der Waals surface area (Å²) in [5.74, 6) is 1.22. The zero-order chi connectivity index (χ0) is 24.7. The summed E-state index contributed by atoms with van der Waals surface area (Å²) in [5.41, 5.74) is 4.65. The molecule has 2 aliphatic rings. The van der Waals surface area contributed by atoms with Gasteiger partial charge in [-0.05, 0) is 60.4 Å². The Morgan fingerprint density at radius 3 is 2.67 bits per heavy atom. The van der Waals surface area contributed by atoms with Crippen LogP contribution in [-0.2, 0) is 13.0 Å². The number of aromatic nitrogens is 4. The molecule has 6 rings (SSSR count). The number of benzene rings is 2. The predicted octanol–water partition coefficient (Wildman–Crippen LogP) is 4.36. The first kappa shape index (κ1) is 22.2. The number of halogens is 1. The van der Waals surface area contributed by atoms with Crippen molar-refractivity contribution >= 4 is 23.4 Å². The van der Waals surface area contributed by atoms with Crippen molar-refractivity contribution in [2.24, 2.45) is 0 Å². The third-order valence-electron chi connectivity index (χ3n) is 6.71. The highest BCUT2D eigenvalue weighted by molar-refractivity contribution is 5.95. The summed E-state index contributed by atoms with van der Waals surface area (Å²) in [6.45, 7) is 3.22. The van der Waals surface area contributed by atoms with Gasteiger partial charge in [-0.2, -0.15) is 10.1 Å². The SMILES string of the molecule is CC1(F)CN(C(=O)c2ccc3c(c2)CN(c2nccc(Nc4ccc(-c5cn[nH]c5)cc4)n2)CC3)C1. The summed E-state index contributed by atoms with van der Waals surface area (Å²) in [7, 11) is 0. The molecule has 1 fully saturated rings. The largest absolute Gasteiger partial charge is 0.340 e. The summed E-state index contributed by atoms with van der Waals surface area (Å²) in [6.07, 6.45) is 6.24. The molecule has 1 amide bonds. The van der Waals surface area contributed by atoms with Crippen LogP contribution in [0.3, 0.4) is 0 Å². The Balaban J connectivity index is 1.15. The van der Waals surface area contributed by atoms with Gasteiger partial charge in [0.2, 0.25) is 5.95 Å². The van der Waals surface area contributed by atoms with Crippen molar-refractivity contribution < 1.29 is 9.18 Å². The number of amides is 1. The molecule has 0 spiro atoms. The van der Waals surface area contributed by atoms with Gasteiger partial charge in [0.1, 0.15) is 11.5 Å². The van der Waals surface area contributed by atoms with Gasteiger partial charge in [0, 0.05) is 42.3 Å². The lowest BCUT2D eigenvalue weighted by Crippen LogP contribution is -2.59. The van der Waals surface area contributed by atoms with E-state index >= 15 is 0 Å². The smallest absolute Gasteiger partial charge is 0.254 e. The maximum atomic E-state index is 13.9. The van der Waals surface area contributed by atoms with E-state index in [1.165, 1.54) is 12.5 Å². The normalized spacial score (nSPS) is 16.3. The van der Waals surface area contributed by atoms with Crippen LogP contribution in [0.5, 0.6) is 0 Å². The fourth-order valence-corrected chi connectivity index (χ4v) is 4.81. The Kier molecular flexibility index (Phi) is 5.40. The van der Waals surface area contributed by atoms with E-state index in [9.17, 15) is 9.18 Å². The topological polar surface area (TPSA) is 90.0 Å². The lowest BCUT2D eigenvalue weighted by molar-refractivity contribution is -0.00786. The Morgan fingerprint density at radius 1 is 1.08 bits per heavy atom. The van der Waals surface area contributed by atoms with Crippen molar-refractivity contribution in [1.29, 1.82) is 0 Å². The lowest BCUT2D eigenvalue weighted by Gasteiger charge is -2.42. The van der Waals surface area contributed by atoms with Crippen LogP contribution in [0.1, 0.15) is 28.4 Å². The predicted molar refractivity (Wildman–Crippen MR) is 136 cm³/mol. The molecule has 9 heteroatoms. The van der Waals surface area contributed by atoms with Gasteiger partial charge in [-0.25, -0.2) is 9.37 Å². The first-order valence-corrected chi connectivity index (χ1v) is 12.0. The van der Waals surface area contributed by atoms with Crippen molar-refractivity contribution in [3.05, 3.63) is 83.8 Å². The van der Waals surface area contributed by atoms with Crippen LogP contribution in [0.25, 0.3) is 11.1 Å². The number of hydrogen-bond acceptors (Lipinski definition) is 6. The van der Waals surface area contributed by atoms with Gasteiger partial charge >= 0.3 is 0 Å². The Hall–Kier alpha value is -4.27. The number of anilines is 3. The van der Waals surface area contributed by atoms with Crippen LogP contribution >= 0.6 is 0 Å². The molecule has 0 unspecified atom stereocenters. The average molecular weight is 484 g/mol. The highest BCUT2D eigenvalue weighted by atomic mass is 19.1. The third-order valence-corrected chi connectivity index (χ3v) is 6.71. The van der Waals surface area contributed by atoms with Crippen LogP contribution in [-0.4, -0.2) is 56.3 Å².